The number of hydrogen-bond donors (Lipinski definition) is 1. The lowest BCUT2D eigenvalue weighted by atomic mass is 10.1. The molecule has 0 aliphatic carbocycles. The summed E-state index contributed by atoms with van der Waals surface area (Å²) in [5.74, 6) is 1.01. The van der Waals surface area contributed by atoms with E-state index in [9.17, 15) is 9.90 Å². The van der Waals surface area contributed by atoms with E-state index in [1.807, 2.05) is 75.4 Å². The second-order valence-corrected chi connectivity index (χ2v) is 7.92. The van der Waals surface area contributed by atoms with Gasteiger partial charge >= 0.3 is 5.97 Å². The molecule has 158 valence electrons. The van der Waals surface area contributed by atoms with Crippen LogP contribution in [0.1, 0.15) is 39.0 Å². The Kier molecular flexibility index (Phi) is 8.42. The minimum absolute atomic E-state index is 0.574. The molecule has 0 fully saturated rings. The molecule has 1 N–H and O–H groups in total. The number of aromatic nitrogens is 2. The summed E-state index contributed by atoms with van der Waals surface area (Å²) < 4.78 is 5.65. The van der Waals surface area contributed by atoms with Gasteiger partial charge in [0, 0.05) is 22.4 Å². The number of nitrogens with zero attached hydrogens (tertiary/aromatic N) is 2. The van der Waals surface area contributed by atoms with E-state index in [0.29, 0.717) is 11.5 Å². The number of rotatable bonds is 7. The molecule has 3 aromatic rings. The first-order chi connectivity index (χ1) is 14.3. The van der Waals surface area contributed by atoms with Crippen LogP contribution in [0.5, 0.6) is 5.75 Å². The summed E-state index contributed by atoms with van der Waals surface area (Å²) >= 11 is 1.66. The lowest BCUT2D eigenvalue weighted by molar-refractivity contribution is -0.152. The van der Waals surface area contributed by atoms with Crippen molar-refractivity contribution in [3.63, 3.8) is 0 Å². The van der Waals surface area contributed by atoms with E-state index in [1.165, 1.54) is 13.8 Å². The van der Waals surface area contributed by atoms with Crippen molar-refractivity contribution in [2.24, 2.45) is 0 Å². The van der Waals surface area contributed by atoms with E-state index in [-0.39, 0.29) is 0 Å². The highest BCUT2D eigenvalue weighted by atomic mass is 32.2. The van der Waals surface area contributed by atoms with E-state index >= 15 is 0 Å². The summed E-state index contributed by atoms with van der Waals surface area (Å²) in [4.78, 5) is 21.3. The minimum Gasteiger partial charge on any atom is -0.478 e. The van der Waals surface area contributed by atoms with Crippen LogP contribution in [0, 0.1) is 6.92 Å². The van der Waals surface area contributed by atoms with E-state index < -0.39 is 11.6 Å². The average molecular weight is 425 g/mol. The molecule has 30 heavy (non-hydrogen) atoms. The predicted octanol–water partition coefficient (Wildman–Crippen LogP) is 6.01. The van der Waals surface area contributed by atoms with E-state index in [2.05, 4.69) is 9.97 Å². The molecule has 0 bridgehead atoms. The van der Waals surface area contributed by atoms with Crippen molar-refractivity contribution in [3.8, 4) is 17.1 Å². The zero-order valence-electron chi connectivity index (χ0n) is 18.0. The van der Waals surface area contributed by atoms with Crippen molar-refractivity contribution < 1.29 is 14.6 Å². The van der Waals surface area contributed by atoms with Gasteiger partial charge in [0.05, 0.1) is 5.69 Å². The lowest BCUT2D eigenvalue weighted by Gasteiger charge is -2.23. The maximum absolute atomic E-state index is 11.3. The monoisotopic (exact) mass is 424 g/mol. The molecule has 0 aliphatic rings. The second-order valence-electron chi connectivity index (χ2n) is 6.87. The summed E-state index contributed by atoms with van der Waals surface area (Å²) in [6.07, 6.45) is 1.78. The van der Waals surface area contributed by atoms with Crippen LogP contribution in [0.3, 0.4) is 0 Å². The van der Waals surface area contributed by atoms with Gasteiger partial charge in [0.1, 0.15) is 5.75 Å². The van der Waals surface area contributed by atoms with Crippen molar-refractivity contribution in [3.05, 3.63) is 72.1 Å². The fraction of sp³-hybridized carbons (Fsp3) is 0.292. The highest BCUT2D eigenvalue weighted by Crippen LogP contribution is 2.30. The van der Waals surface area contributed by atoms with Crippen LogP contribution in [-0.2, 0) is 10.5 Å². The van der Waals surface area contributed by atoms with Gasteiger partial charge in [-0.3, -0.25) is 0 Å². The van der Waals surface area contributed by atoms with Crippen LogP contribution in [0.25, 0.3) is 11.4 Å². The van der Waals surface area contributed by atoms with Gasteiger partial charge < -0.3 is 9.84 Å². The molecule has 0 saturated carbocycles. The van der Waals surface area contributed by atoms with Crippen LogP contribution >= 0.6 is 11.8 Å². The Bertz CT molecular complexity index is 975. The van der Waals surface area contributed by atoms with E-state index in [4.69, 9.17) is 4.74 Å². The molecular weight excluding hydrogens is 396 g/mol. The van der Waals surface area contributed by atoms with Gasteiger partial charge in [-0.05, 0) is 50.6 Å². The number of aliphatic carboxylic acids is 1. The highest BCUT2D eigenvalue weighted by molar-refractivity contribution is 7.98. The summed E-state index contributed by atoms with van der Waals surface area (Å²) in [5.41, 5.74) is 1.57. The molecule has 0 saturated heterocycles. The Morgan fingerprint density at radius 2 is 1.80 bits per heavy atom. The Morgan fingerprint density at radius 1 is 1.10 bits per heavy atom. The SMILES string of the molecule is CC.Cc1cc(SCc2ccnc(-c3ccccc3)n2)ccc1OC(C)(C)C(=O)O. The van der Waals surface area contributed by atoms with Crippen LogP contribution < -0.4 is 4.74 Å². The molecule has 0 spiro atoms. The zero-order chi connectivity index (χ0) is 22.1. The molecule has 0 atom stereocenters. The van der Waals surface area contributed by atoms with Gasteiger partial charge in [0.15, 0.2) is 11.4 Å². The normalized spacial score (nSPS) is 10.7. The van der Waals surface area contributed by atoms with Crippen molar-refractivity contribution in [2.45, 2.75) is 50.9 Å². The molecular formula is C24H28N2O3S. The van der Waals surface area contributed by atoms with Crippen molar-refractivity contribution >= 4 is 17.7 Å². The third kappa shape index (κ3) is 6.32. The number of carboxylic acid groups (broad SMARTS) is 1. The van der Waals surface area contributed by atoms with Gasteiger partial charge in [0.25, 0.3) is 0 Å². The van der Waals surface area contributed by atoms with Gasteiger partial charge in [-0.1, -0.05) is 44.2 Å². The van der Waals surface area contributed by atoms with Crippen molar-refractivity contribution in [2.75, 3.05) is 0 Å². The Balaban J connectivity index is 0.00000155. The number of ether oxygens (including phenoxy) is 1. The molecule has 0 amide bonds. The smallest absolute Gasteiger partial charge is 0.347 e. The number of aryl methyl sites for hydroxylation is 1. The fourth-order valence-corrected chi connectivity index (χ4v) is 3.40. The molecule has 0 unspecified atom stereocenters. The third-order valence-corrected chi connectivity index (χ3v) is 5.19. The first-order valence-corrected chi connectivity index (χ1v) is 10.9. The number of hydrogen-bond acceptors (Lipinski definition) is 5. The molecule has 6 heteroatoms. The molecule has 0 radical (unpaired) electrons. The number of thioether (sulfide) groups is 1. The van der Waals surface area contributed by atoms with Gasteiger partial charge in [-0.25, -0.2) is 14.8 Å². The van der Waals surface area contributed by atoms with Crippen LogP contribution in [0.2, 0.25) is 0 Å². The molecule has 3 rings (SSSR count). The van der Waals surface area contributed by atoms with Crippen LogP contribution in [-0.4, -0.2) is 26.6 Å². The van der Waals surface area contributed by atoms with Crippen LogP contribution in [0.15, 0.2) is 65.7 Å². The number of carboxylic acids is 1. The highest BCUT2D eigenvalue weighted by Gasteiger charge is 2.29. The molecule has 2 aromatic carbocycles. The Labute approximate surface area is 182 Å². The standard InChI is InChI=1S/C22H22N2O3S.C2H6/c1-15-13-18(9-10-19(15)27-22(2,3)21(25)26)28-14-17-11-12-23-20(24-17)16-7-5-4-6-8-16;1-2/h4-13H,14H2,1-3H3,(H,25,26);1-2H3. The molecule has 1 heterocycles. The largest absolute Gasteiger partial charge is 0.478 e. The van der Waals surface area contributed by atoms with E-state index in [1.54, 1.807) is 18.0 Å². The summed E-state index contributed by atoms with van der Waals surface area (Å²) in [6, 6.07) is 17.6. The topological polar surface area (TPSA) is 72.3 Å². The van der Waals surface area contributed by atoms with Crippen molar-refractivity contribution in [1.29, 1.82) is 0 Å². The van der Waals surface area contributed by atoms with E-state index in [0.717, 1.165) is 27.5 Å². The first-order valence-electron chi connectivity index (χ1n) is 9.88. The fourth-order valence-electron chi connectivity index (χ4n) is 2.50. The maximum atomic E-state index is 11.3. The average Bonchev–Trinajstić information content (AvgIpc) is 2.76. The minimum atomic E-state index is -1.27. The van der Waals surface area contributed by atoms with Gasteiger partial charge in [0.2, 0.25) is 0 Å². The first kappa shape index (κ1) is 23.4. The lowest BCUT2D eigenvalue weighted by Crippen LogP contribution is -2.38. The molecule has 5 nitrogen and oxygen atoms in total. The second kappa shape index (κ2) is 10.8. The number of benzene rings is 2. The number of carbonyl (C=O) groups is 1. The summed E-state index contributed by atoms with van der Waals surface area (Å²) in [7, 11) is 0. The zero-order valence-corrected chi connectivity index (χ0v) is 18.9. The predicted molar refractivity (Wildman–Crippen MR) is 122 cm³/mol. The Hall–Kier alpha value is -2.86. The Morgan fingerprint density at radius 3 is 2.43 bits per heavy atom. The van der Waals surface area contributed by atoms with Crippen molar-refractivity contribution in [1.82, 2.24) is 9.97 Å². The molecule has 1 aromatic heterocycles. The van der Waals surface area contributed by atoms with Crippen LogP contribution in [0.4, 0.5) is 0 Å². The maximum Gasteiger partial charge on any atom is 0.347 e. The summed E-state index contributed by atoms with van der Waals surface area (Å²) in [5, 5.41) is 9.22. The molecule has 0 aliphatic heterocycles. The van der Waals surface area contributed by atoms with Gasteiger partial charge in [-0.15, -0.1) is 11.8 Å². The third-order valence-electron chi connectivity index (χ3n) is 4.16. The van der Waals surface area contributed by atoms with Gasteiger partial charge in [-0.2, -0.15) is 0 Å². The summed E-state index contributed by atoms with van der Waals surface area (Å²) in [6.45, 7) is 8.99. The quantitative estimate of drug-likeness (QED) is 0.468.